The number of nitrogens with two attached hydrogens (primary N) is 1. The minimum Gasteiger partial charge on any atom is -0.487 e. The van der Waals surface area contributed by atoms with Gasteiger partial charge in [0, 0.05) is 25.3 Å². The van der Waals surface area contributed by atoms with Gasteiger partial charge in [0.15, 0.2) is 0 Å². The van der Waals surface area contributed by atoms with Crippen LogP contribution in [-0.2, 0) is 16.7 Å². The zero-order valence-electron chi connectivity index (χ0n) is 15.3. The third kappa shape index (κ3) is 8.29. The first kappa shape index (κ1) is 22.8. The number of hydrogen-bond donors (Lipinski definition) is 2. The van der Waals surface area contributed by atoms with E-state index in [2.05, 4.69) is 0 Å². The number of nitrogen functional groups attached to an aromatic ring is 1. The topological polar surface area (TPSA) is 110 Å². The van der Waals surface area contributed by atoms with Crippen molar-refractivity contribution < 1.29 is 22.5 Å². The van der Waals surface area contributed by atoms with Crippen LogP contribution in [0.25, 0.3) is 0 Å². The first-order chi connectivity index (χ1) is 12.5. The van der Waals surface area contributed by atoms with Gasteiger partial charge in [0.1, 0.15) is 12.4 Å². The van der Waals surface area contributed by atoms with Gasteiger partial charge in [-0.15, -0.1) is 0 Å². The normalized spacial score (nSPS) is 10.6. The summed E-state index contributed by atoms with van der Waals surface area (Å²) >= 11 is 6.05. The van der Waals surface area contributed by atoms with Gasteiger partial charge in [0.05, 0.1) is 10.8 Å². The largest absolute Gasteiger partial charge is 0.487 e. The lowest BCUT2D eigenvalue weighted by Gasteiger charge is -2.12. The standard InChI is InChI=1S/C16H17ClN2O2.C2H6O3S/c1-19(2)16(20)12-5-3-4-11(8-12)10-21-15-7-6-13(18)9-14(15)17;1-2-6(3,4)5/h3-9H,10,18H2,1-2H3;2H2,1H3,(H,3,4,5). The van der Waals surface area contributed by atoms with Crippen molar-refractivity contribution in [1.29, 1.82) is 0 Å². The SMILES string of the molecule is CCS(=O)(=O)O.CN(C)C(=O)c1cccc(COc2ccc(N)cc2Cl)c1. The molecular weight excluding hydrogens is 392 g/mol. The van der Waals surface area contributed by atoms with Gasteiger partial charge in [-0.1, -0.05) is 23.7 Å². The molecule has 3 N–H and O–H groups in total. The number of anilines is 1. The van der Waals surface area contributed by atoms with E-state index in [9.17, 15) is 13.2 Å². The quantitative estimate of drug-likeness (QED) is 0.574. The molecule has 148 valence electrons. The van der Waals surface area contributed by atoms with Crippen LogP contribution in [0.1, 0.15) is 22.8 Å². The Hall–Kier alpha value is -2.29. The van der Waals surface area contributed by atoms with Crippen molar-refractivity contribution in [2.24, 2.45) is 0 Å². The summed E-state index contributed by atoms with van der Waals surface area (Å²) in [6.07, 6.45) is 0. The average molecular weight is 415 g/mol. The average Bonchev–Trinajstić information content (AvgIpc) is 2.60. The van der Waals surface area contributed by atoms with E-state index in [0.717, 1.165) is 5.56 Å². The predicted molar refractivity (Wildman–Crippen MR) is 107 cm³/mol. The molecule has 2 aromatic rings. The second-order valence-electron chi connectivity index (χ2n) is 5.75. The van der Waals surface area contributed by atoms with Crippen LogP contribution in [0.4, 0.5) is 5.69 Å². The molecule has 0 bridgehead atoms. The number of ether oxygens (including phenoxy) is 1. The first-order valence-corrected chi connectivity index (χ1v) is 9.95. The lowest BCUT2D eigenvalue weighted by molar-refractivity contribution is 0.0827. The molecule has 0 aliphatic carbocycles. The van der Waals surface area contributed by atoms with Gasteiger partial charge in [0.2, 0.25) is 0 Å². The van der Waals surface area contributed by atoms with Crippen molar-refractivity contribution in [3.8, 4) is 5.75 Å². The number of amides is 1. The number of carbonyl (C=O) groups is 1. The van der Waals surface area contributed by atoms with Crippen LogP contribution in [0.5, 0.6) is 5.75 Å². The minimum absolute atomic E-state index is 0.0395. The van der Waals surface area contributed by atoms with E-state index in [-0.39, 0.29) is 11.7 Å². The van der Waals surface area contributed by atoms with Crippen molar-refractivity contribution in [1.82, 2.24) is 4.90 Å². The van der Waals surface area contributed by atoms with Crippen molar-refractivity contribution in [2.75, 3.05) is 25.6 Å². The van der Waals surface area contributed by atoms with Gasteiger partial charge in [-0.05, 0) is 42.8 Å². The van der Waals surface area contributed by atoms with Crippen molar-refractivity contribution in [2.45, 2.75) is 13.5 Å². The van der Waals surface area contributed by atoms with Crippen LogP contribution in [-0.4, -0.2) is 43.6 Å². The van der Waals surface area contributed by atoms with E-state index >= 15 is 0 Å². The third-order valence-electron chi connectivity index (χ3n) is 3.30. The Balaban J connectivity index is 0.000000527. The van der Waals surface area contributed by atoms with Crippen molar-refractivity contribution >= 4 is 33.3 Å². The zero-order chi connectivity index (χ0) is 20.6. The molecule has 7 nitrogen and oxygen atoms in total. The van der Waals surface area contributed by atoms with E-state index in [4.69, 9.17) is 26.6 Å². The summed E-state index contributed by atoms with van der Waals surface area (Å²) in [7, 11) is -0.218. The lowest BCUT2D eigenvalue weighted by Crippen LogP contribution is -2.21. The maximum absolute atomic E-state index is 11.9. The number of halogens is 1. The molecule has 0 fully saturated rings. The van der Waals surface area contributed by atoms with Gasteiger partial charge in [-0.25, -0.2) is 0 Å². The van der Waals surface area contributed by atoms with Crippen LogP contribution < -0.4 is 10.5 Å². The number of carbonyl (C=O) groups excluding carboxylic acids is 1. The fourth-order valence-electron chi connectivity index (χ4n) is 1.85. The summed E-state index contributed by atoms with van der Waals surface area (Å²) in [6, 6.07) is 12.4. The fourth-order valence-corrected chi connectivity index (χ4v) is 2.09. The Morgan fingerprint density at radius 2 is 1.85 bits per heavy atom. The van der Waals surface area contributed by atoms with E-state index in [1.807, 2.05) is 18.2 Å². The molecule has 0 heterocycles. The van der Waals surface area contributed by atoms with Gasteiger partial charge < -0.3 is 15.4 Å². The number of benzene rings is 2. The Morgan fingerprint density at radius 1 is 1.22 bits per heavy atom. The maximum Gasteiger partial charge on any atom is 0.264 e. The molecule has 0 aliphatic rings. The van der Waals surface area contributed by atoms with Crippen LogP contribution in [0.15, 0.2) is 42.5 Å². The molecule has 0 saturated heterocycles. The van der Waals surface area contributed by atoms with Crippen LogP contribution in [0.3, 0.4) is 0 Å². The van der Waals surface area contributed by atoms with E-state index in [1.165, 1.54) is 11.8 Å². The zero-order valence-corrected chi connectivity index (χ0v) is 16.9. The molecular formula is C18H23ClN2O5S. The second-order valence-corrected chi connectivity index (χ2v) is 7.90. The summed E-state index contributed by atoms with van der Waals surface area (Å²) in [6.45, 7) is 1.70. The van der Waals surface area contributed by atoms with E-state index in [0.29, 0.717) is 28.6 Å². The minimum atomic E-state index is -3.66. The van der Waals surface area contributed by atoms with E-state index in [1.54, 1.807) is 38.4 Å². The highest BCUT2D eigenvalue weighted by molar-refractivity contribution is 7.85. The van der Waals surface area contributed by atoms with Crippen molar-refractivity contribution in [3.05, 3.63) is 58.6 Å². The molecule has 9 heteroatoms. The van der Waals surface area contributed by atoms with Crippen LogP contribution in [0.2, 0.25) is 5.02 Å². The Bertz CT molecular complexity index is 885. The third-order valence-corrected chi connectivity index (χ3v) is 4.32. The molecule has 0 aromatic heterocycles. The molecule has 2 aromatic carbocycles. The van der Waals surface area contributed by atoms with Gasteiger partial charge in [0.25, 0.3) is 16.0 Å². The molecule has 0 unspecified atom stereocenters. The summed E-state index contributed by atoms with van der Waals surface area (Å²) in [5.74, 6) is 0.324. The number of hydrogen-bond acceptors (Lipinski definition) is 5. The number of nitrogens with zero attached hydrogens (tertiary/aromatic N) is 1. The first-order valence-electron chi connectivity index (χ1n) is 7.97. The van der Waals surface area contributed by atoms with E-state index < -0.39 is 10.1 Å². The van der Waals surface area contributed by atoms with Gasteiger partial charge >= 0.3 is 0 Å². The highest BCUT2D eigenvalue weighted by atomic mass is 35.5. The van der Waals surface area contributed by atoms with Crippen molar-refractivity contribution in [3.63, 3.8) is 0 Å². The predicted octanol–water partition coefficient (Wildman–Crippen LogP) is 3.10. The summed E-state index contributed by atoms with van der Waals surface area (Å²) in [5.41, 5.74) is 7.75. The molecule has 0 aliphatic heterocycles. The molecule has 0 saturated carbocycles. The van der Waals surface area contributed by atoms with Gasteiger partial charge in [-0.3, -0.25) is 9.35 Å². The van der Waals surface area contributed by atoms with Crippen LogP contribution >= 0.6 is 11.6 Å². The molecule has 0 spiro atoms. The fraction of sp³-hybridized carbons (Fsp3) is 0.278. The van der Waals surface area contributed by atoms with Gasteiger partial charge in [-0.2, -0.15) is 8.42 Å². The summed E-state index contributed by atoms with van der Waals surface area (Å²) in [4.78, 5) is 13.5. The summed E-state index contributed by atoms with van der Waals surface area (Å²) < 4.78 is 32.6. The summed E-state index contributed by atoms with van der Waals surface area (Å²) in [5, 5.41) is 0.468. The number of rotatable bonds is 5. The molecule has 27 heavy (non-hydrogen) atoms. The molecule has 0 radical (unpaired) electrons. The smallest absolute Gasteiger partial charge is 0.264 e. The molecule has 0 atom stereocenters. The molecule has 2 rings (SSSR count). The highest BCUT2D eigenvalue weighted by Gasteiger charge is 2.09. The maximum atomic E-state index is 11.9. The van der Waals surface area contributed by atoms with Crippen LogP contribution in [0, 0.1) is 0 Å². The lowest BCUT2D eigenvalue weighted by atomic mass is 10.1. The molecule has 1 amide bonds. The Morgan fingerprint density at radius 3 is 2.37 bits per heavy atom. The Labute approximate surface area is 164 Å². The monoisotopic (exact) mass is 414 g/mol. The Kier molecular flexibility index (Phi) is 8.55. The highest BCUT2D eigenvalue weighted by Crippen LogP contribution is 2.27. The second kappa shape index (κ2) is 10.1.